The van der Waals surface area contributed by atoms with Crippen molar-refractivity contribution in [2.75, 3.05) is 20.1 Å². The quantitative estimate of drug-likeness (QED) is 0.812. The molecule has 114 valence electrons. The first kappa shape index (κ1) is 17.4. The molecule has 0 fully saturated rings. The maximum absolute atomic E-state index is 10.5. The largest absolute Gasteiger partial charge is 0.388 e. The van der Waals surface area contributed by atoms with Crippen LogP contribution in [0.15, 0.2) is 24.3 Å². The van der Waals surface area contributed by atoms with E-state index in [1.165, 1.54) is 0 Å². The van der Waals surface area contributed by atoms with Crippen LogP contribution in [0.4, 0.5) is 0 Å². The highest BCUT2D eigenvalue weighted by atomic mass is 35.5. The molecule has 20 heavy (non-hydrogen) atoms. The summed E-state index contributed by atoms with van der Waals surface area (Å²) >= 11 is 6.24. The summed E-state index contributed by atoms with van der Waals surface area (Å²) in [5.74, 6) is 0. The molecule has 0 amide bonds. The maximum Gasteiger partial charge on any atom is 0.0869 e. The Kier molecular flexibility index (Phi) is 6.46. The Morgan fingerprint density at radius 2 is 1.90 bits per heavy atom. The zero-order chi connectivity index (χ0) is 15.3. The number of hydrogen-bond donors (Lipinski definition) is 2. The molecule has 3 nitrogen and oxygen atoms in total. The summed E-state index contributed by atoms with van der Waals surface area (Å²) in [4.78, 5) is 2.13. The zero-order valence-electron chi connectivity index (χ0n) is 13.2. The van der Waals surface area contributed by atoms with Gasteiger partial charge in [0.05, 0.1) is 5.60 Å². The highest BCUT2D eigenvalue weighted by Crippen LogP contribution is 2.27. The van der Waals surface area contributed by atoms with Crippen molar-refractivity contribution < 1.29 is 5.11 Å². The van der Waals surface area contributed by atoms with Crippen molar-refractivity contribution in [1.82, 2.24) is 10.2 Å². The van der Waals surface area contributed by atoms with Gasteiger partial charge in [0.1, 0.15) is 0 Å². The molecular formula is C16H27ClN2O. The van der Waals surface area contributed by atoms with Gasteiger partial charge in [-0.25, -0.2) is 0 Å². The molecule has 1 rings (SSSR count). The van der Waals surface area contributed by atoms with E-state index >= 15 is 0 Å². The molecule has 0 aliphatic heterocycles. The van der Waals surface area contributed by atoms with E-state index in [1.54, 1.807) is 0 Å². The number of halogens is 1. The first-order chi connectivity index (χ1) is 9.23. The van der Waals surface area contributed by atoms with E-state index in [0.29, 0.717) is 19.1 Å². The van der Waals surface area contributed by atoms with Crippen LogP contribution >= 0.6 is 11.6 Å². The number of nitrogens with zero attached hydrogens (tertiary/aromatic N) is 1. The Morgan fingerprint density at radius 3 is 2.45 bits per heavy atom. The van der Waals surface area contributed by atoms with Crippen LogP contribution in [-0.4, -0.2) is 41.8 Å². The average molecular weight is 299 g/mol. The van der Waals surface area contributed by atoms with Crippen LogP contribution in [0.3, 0.4) is 0 Å². The first-order valence-electron chi connectivity index (χ1n) is 7.13. The molecule has 0 saturated carbocycles. The maximum atomic E-state index is 10.5. The normalized spacial score (nSPS) is 16.4. The lowest BCUT2D eigenvalue weighted by Gasteiger charge is -2.34. The van der Waals surface area contributed by atoms with Crippen molar-refractivity contribution >= 4 is 11.6 Å². The molecule has 2 atom stereocenters. The predicted octanol–water partition coefficient (Wildman–Crippen LogP) is 3.08. The molecule has 0 aliphatic carbocycles. The van der Waals surface area contributed by atoms with Gasteiger partial charge in [-0.15, -0.1) is 0 Å². The highest BCUT2D eigenvalue weighted by Gasteiger charge is 2.25. The Hall–Kier alpha value is -0.610. The fourth-order valence-corrected chi connectivity index (χ4v) is 2.50. The number of benzene rings is 1. The van der Waals surface area contributed by atoms with Gasteiger partial charge < -0.3 is 10.4 Å². The third kappa shape index (κ3) is 5.41. The first-order valence-corrected chi connectivity index (χ1v) is 7.51. The van der Waals surface area contributed by atoms with Crippen LogP contribution in [0.1, 0.15) is 39.3 Å². The van der Waals surface area contributed by atoms with Gasteiger partial charge in [0, 0.05) is 30.2 Å². The predicted molar refractivity (Wildman–Crippen MR) is 86.3 cm³/mol. The summed E-state index contributed by atoms with van der Waals surface area (Å²) in [6.45, 7) is 9.27. The lowest BCUT2D eigenvalue weighted by Crippen LogP contribution is -2.48. The Labute approximate surface area is 127 Å². The highest BCUT2D eigenvalue weighted by molar-refractivity contribution is 6.31. The molecule has 4 heteroatoms. The third-order valence-electron chi connectivity index (χ3n) is 3.50. The summed E-state index contributed by atoms with van der Waals surface area (Å²) < 4.78 is 0. The van der Waals surface area contributed by atoms with E-state index in [2.05, 4.69) is 31.0 Å². The van der Waals surface area contributed by atoms with Crippen molar-refractivity contribution in [3.05, 3.63) is 34.9 Å². The van der Waals surface area contributed by atoms with E-state index < -0.39 is 5.60 Å². The van der Waals surface area contributed by atoms with E-state index in [1.807, 2.05) is 38.2 Å². The second-order valence-corrected chi connectivity index (χ2v) is 6.55. The number of rotatable bonds is 7. The van der Waals surface area contributed by atoms with Crippen LogP contribution in [0.2, 0.25) is 5.02 Å². The number of nitrogens with one attached hydrogen (secondary N) is 1. The monoisotopic (exact) mass is 298 g/mol. The molecule has 2 N–H and O–H groups in total. The van der Waals surface area contributed by atoms with Crippen molar-refractivity contribution in [2.45, 2.75) is 45.4 Å². The van der Waals surface area contributed by atoms with Crippen LogP contribution in [-0.2, 0) is 0 Å². The molecule has 0 aliphatic rings. The lowest BCUT2D eigenvalue weighted by molar-refractivity contribution is 0.0161. The van der Waals surface area contributed by atoms with Gasteiger partial charge in [-0.1, -0.05) is 43.6 Å². The van der Waals surface area contributed by atoms with Gasteiger partial charge in [0.25, 0.3) is 0 Å². The summed E-state index contributed by atoms with van der Waals surface area (Å²) in [5, 5.41) is 14.5. The van der Waals surface area contributed by atoms with Crippen LogP contribution in [0, 0.1) is 0 Å². The molecule has 0 saturated heterocycles. The molecular weight excluding hydrogens is 272 g/mol. The average Bonchev–Trinajstić information content (AvgIpc) is 2.36. The number of hydrogen-bond acceptors (Lipinski definition) is 3. The molecule has 1 aromatic carbocycles. The van der Waals surface area contributed by atoms with Gasteiger partial charge in [0.2, 0.25) is 0 Å². The molecule has 0 bridgehead atoms. The molecule has 0 aromatic heterocycles. The molecule has 0 heterocycles. The topological polar surface area (TPSA) is 35.5 Å². The van der Waals surface area contributed by atoms with Crippen LogP contribution in [0.5, 0.6) is 0 Å². The van der Waals surface area contributed by atoms with E-state index in [4.69, 9.17) is 11.6 Å². The van der Waals surface area contributed by atoms with Crippen molar-refractivity contribution in [3.63, 3.8) is 0 Å². The Balaban J connectivity index is 2.66. The smallest absolute Gasteiger partial charge is 0.0869 e. The van der Waals surface area contributed by atoms with E-state index in [0.717, 1.165) is 10.6 Å². The molecule has 1 aromatic rings. The Morgan fingerprint density at radius 1 is 1.30 bits per heavy atom. The van der Waals surface area contributed by atoms with Gasteiger partial charge in [0.15, 0.2) is 0 Å². The van der Waals surface area contributed by atoms with Gasteiger partial charge in [-0.05, 0) is 32.5 Å². The number of aliphatic hydroxyl groups is 1. The summed E-state index contributed by atoms with van der Waals surface area (Å²) in [7, 11) is 2.01. The summed E-state index contributed by atoms with van der Waals surface area (Å²) in [5.41, 5.74) is 0.318. The van der Waals surface area contributed by atoms with Gasteiger partial charge in [-0.2, -0.15) is 0 Å². The summed E-state index contributed by atoms with van der Waals surface area (Å²) in [6.07, 6.45) is 0. The molecule has 0 radical (unpaired) electrons. The minimum atomic E-state index is -0.769. The lowest BCUT2D eigenvalue weighted by atomic mass is 10.0. The minimum Gasteiger partial charge on any atom is -0.388 e. The van der Waals surface area contributed by atoms with Crippen molar-refractivity contribution in [3.8, 4) is 0 Å². The molecule has 2 unspecified atom stereocenters. The van der Waals surface area contributed by atoms with E-state index in [9.17, 15) is 5.11 Å². The van der Waals surface area contributed by atoms with E-state index in [-0.39, 0.29) is 6.04 Å². The minimum absolute atomic E-state index is 0.161. The van der Waals surface area contributed by atoms with Gasteiger partial charge in [-0.3, -0.25) is 4.90 Å². The third-order valence-corrected chi connectivity index (χ3v) is 3.84. The van der Waals surface area contributed by atoms with Crippen LogP contribution in [0.25, 0.3) is 0 Å². The second kappa shape index (κ2) is 7.41. The standard InChI is InChI=1S/C16H27ClN2O/c1-12(2)18-10-16(4,20)11-19(5)13(3)14-8-6-7-9-15(14)17/h6-9,12-13,18,20H,10-11H2,1-5H3. The molecule has 0 spiro atoms. The fourth-order valence-electron chi connectivity index (χ4n) is 2.21. The van der Waals surface area contributed by atoms with Crippen LogP contribution < -0.4 is 5.32 Å². The van der Waals surface area contributed by atoms with Crippen molar-refractivity contribution in [1.29, 1.82) is 0 Å². The van der Waals surface area contributed by atoms with Crippen molar-refractivity contribution in [2.24, 2.45) is 0 Å². The zero-order valence-corrected chi connectivity index (χ0v) is 13.9. The Bertz CT molecular complexity index is 421. The number of likely N-dealkylation sites (N-methyl/N-ethyl adjacent to an activating group) is 1. The SMILES string of the molecule is CC(C)NCC(C)(O)CN(C)C(C)c1ccccc1Cl. The fraction of sp³-hybridized carbons (Fsp3) is 0.625. The van der Waals surface area contributed by atoms with Gasteiger partial charge >= 0.3 is 0 Å². The second-order valence-electron chi connectivity index (χ2n) is 6.15. The summed E-state index contributed by atoms with van der Waals surface area (Å²) in [6, 6.07) is 8.39.